The lowest BCUT2D eigenvalue weighted by atomic mass is 10.0. The van der Waals surface area contributed by atoms with Crippen molar-refractivity contribution in [1.29, 1.82) is 0 Å². The van der Waals surface area contributed by atoms with Crippen LogP contribution < -0.4 is 5.73 Å². The Kier molecular flexibility index (Phi) is 6.69. The molecule has 0 radical (unpaired) electrons. The summed E-state index contributed by atoms with van der Waals surface area (Å²) in [5, 5.41) is 0.796. The lowest BCUT2D eigenvalue weighted by Crippen LogP contribution is -2.27. The van der Waals surface area contributed by atoms with Crippen LogP contribution in [0.1, 0.15) is 38.3 Å². The number of benzene rings is 1. The van der Waals surface area contributed by atoms with Gasteiger partial charge in [0.05, 0.1) is 0 Å². The summed E-state index contributed by atoms with van der Waals surface area (Å²) in [6, 6.07) is 8.54. The van der Waals surface area contributed by atoms with Crippen LogP contribution in [0.5, 0.6) is 0 Å². The zero-order valence-electron chi connectivity index (χ0n) is 11.7. The predicted molar refractivity (Wildman–Crippen MR) is 79.9 cm³/mol. The highest BCUT2D eigenvalue weighted by atomic mass is 35.5. The molecule has 2 nitrogen and oxygen atoms in total. The summed E-state index contributed by atoms with van der Waals surface area (Å²) in [6.45, 7) is 6.42. The maximum atomic E-state index is 5.91. The molecule has 18 heavy (non-hydrogen) atoms. The lowest BCUT2D eigenvalue weighted by molar-refractivity contribution is 0.220. The minimum atomic E-state index is 0.419. The van der Waals surface area contributed by atoms with Gasteiger partial charge in [0, 0.05) is 17.6 Å². The molecule has 0 saturated carbocycles. The summed E-state index contributed by atoms with van der Waals surface area (Å²) in [7, 11) is 2.18. The van der Waals surface area contributed by atoms with Crippen LogP contribution in [0.2, 0.25) is 5.02 Å². The second-order valence-electron chi connectivity index (χ2n) is 5.20. The van der Waals surface area contributed by atoms with Gasteiger partial charge in [-0.2, -0.15) is 0 Å². The van der Waals surface area contributed by atoms with E-state index in [1.165, 1.54) is 12.0 Å². The van der Waals surface area contributed by atoms with Gasteiger partial charge in [-0.1, -0.05) is 30.7 Å². The van der Waals surface area contributed by atoms with Crippen molar-refractivity contribution in [2.24, 2.45) is 11.7 Å². The Labute approximate surface area is 116 Å². The minimum Gasteiger partial charge on any atom is -0.330 e. The van der Waals surface area contributed by atoms with E-state index < -0.39 is 0 Å². The third kappa shape index (κ3) is 4.97. The Bertz CT molecular complexity index is 337. The van der Waals surface area contributed by atoms with E-state index in [0.717, 1.165) is 24.5 Å². The first kappa shape index (κ1) is 15.5. The van der Waals surface area contributed by atoms with Gasteiger partial charge < -0.3 is 5.73 Å². The Morgan fingerprint density at radius 3 is 2.39 bits per heavy atom. The minimum absolute atomic E-state index is 0.419. The number of nitrogens with two attached hydrogens (primary N) is 1. The molecule has 102 valence electrons. The molecule has 2 unspecified atom stereocenters. The first-order valence-electron chi connectivity index (χ1n) is 6.70. The van der Waals surface area contributed by atoms with Crippen molar-refractivity contribution in [2.45, 2.75) is 32.7 Å². The smallest absolute Gasteiger partial charge is 0.0406 e. The molecule has 0 amide bonds. The third-order valence-corrected chi connectivity index (χ3v) is 3.77. The largest absolute Gasteiger partial charge is 0.330 e. The predicted octanol–water partition coefficient (Wildman–Crippen LogP) is 3.71. The van der Waals surface area contributed by atoms with Crippen LogP contribution in [0.15, 0.2) is 24.3 Å². The molecule has 0 bridgehead atoms. The van der Waals surface area contributed by atoms with E-state index in [-0.39, 0.29) is 0 Å². The standard InChI is InChI=1S/C15H25ClN2/c1-12(5-4-10-17)11-18(3)13(2)14-6-8-15(16)9-7-14/h6-9,12-13H,4-5,10-11,17H2,1-3H3. The van der Waals surface area contributed by atoms with Gasteiger partial charge in [-0.15, -0.1) is 0 Å². The Balaban J connectivity index is 2.50. The molecule has 1 rings (SSSR count). The summed E-state index contributed by atoms with van der Waals surface area (Å²) in [5.41, 5.74) is 6.86. The molecule has 3 heteroatoms. The van der Waals surface area contributed by atoms with E-state index in [4.69, 9.17) is 17.3 Å². The zero-order chi connectivity index (χ0) is 13.5. The van der Waals surface area contributed by atoms with E-state index in [9.17, 15) is 0 Å². The molecule has 0 aliphatic heterocycles. The van der Waals surface area contributed by atoms with E-state index in [0.29, 0.717) is 12.0 Å². The maximum absolute atomic E-state index is 5.91. The molecule has 0 saturated heterocycles. The highest BCUT2D eigenvalue weighted by Gasteiger charge is 2.14. The highest BCUT2D eigenvalue weighted by Crippen LogP contribution is 2.22. The number of nitrogens with zero attached hydrogens (tertiary/aromatic N) is 1. The molecular weight excluding hydrogens is 244 g/mol. The Morgan fingerprint density at radius 2 is 1.83 bits per heavy atom. The van der Waals surface area contributed by atoms with Crippen molar-refractivity contribution in [2.75, 3.05) is 20.1 Å². The van der Waals surface area contributed by atoms with Crippen molar-refractivity contribution in [3.8, 4) is 0 Å². The summed E-state index contributed by atoms with van der Waals surface area (Å²) in [5.74, 6) is 0.688. The SMILES string of the molecule is CC(CCCN)CN(C)C(C)c1ccc(Cl)cc1. The number of hydrogen-bond donors (Lipinski definition) is 1. The fourth-order valence-electron chi connectivity index (χ4n) is 2.20. The number of halogens is 1. The maximum Gasteiger partial charge on any atom is 0.0406 e. The van der Waals surface area contributed by atoms with Gasteiger partial charge in [0.2, 0.25) is 0 Å². The van der Waals surface area contributed by atoms with Crippen LogP contribution in [0.3, 0.4) is 0 Å². The van der Waals surface area contributed by atoms with E-state index in [2.05, 4.69) is 37.9 Å². The molecule has 0 fully saturated rings. The van der Waals surface area contributed by atoms with Gasteiger partial charge in [-0.25, -0.2) is 0 Å². The van der Waals surface area contributed by atoms with Gasteiger partial charge in [-0.3, -0.25) is 4.90 Å². The first-order chi connectivity index (χ1) is 8.54. The quantitative estimate of drug-likeness (QED) is 0.817. The van der Waals surface area contributed by atoms with Crippen molar-refractivity contribution in [3.63, 3.8) is 0 Å². The molecule has 2 N–H and O–H groups in total. The Hall–Kier alpha value is -0.570. The van der Waals surface area contributed by atoms with Crippen LogP contribution in [-0.4, -0.2) is 25.0 Å². The zero-order valence-corrected chi connectivity index (χ0v) is 12.5. The van der Waals surface area contributed by atoms with E-state index in [1.54, 1.807) is 0 Å². The summed E-state index contributed by atoms with van der Waals surface area (Å²) < 4.78 is 0. The van der Waals surface area contributed by atoms with Gasteiger partial charge in [0.15, 0.2) is 0 Å². The van der Waals surface area contributed by atoms with Crippen LogP contribution >= 0.6 is 11.6 Å². The molecule has 0 heterocycles. The monoisotopic (exact) mass is 268 g/mol. The molecule has 2 atom stereocenters. The molecular formula is C15H25ClN2. The van der Waals surface area contributed by atoms with E-state index >= 15 is 0 Å². The number of hydrogen-bond acceptors (Lipinski definition) is 2. The van der Waals surface area contributed by atoms with Gasteiger partial charge >= 0.3 is 0 Å². The average Bonchev–Trinajstić information content (AvgIpc) is 2.36. The summed E-state index contributed by atoms with van der Waals surface area (Å²) in [6.07, 6.45) is 2.32. The van der Waals surface area contributed by atoms with Crippen molar-refractivity contribution < 1.29 is 0 Å². The summed E-state index contributed by atoms with van der Waals surface area (Å²) >= 11 is 5.91. The fraction of sp³-hybridized carbons (Fsp3) is 0.600. The lowest BCUT2D eigenvalue weighted by Gasteiger charge is -2.28. The summed E-state index contributed by atoms with van der Waals surface area (Å²) in [4.78, 5) is 2.39. The molecule has 0 aromatic heterocycles. The van der Waals surface area contributed by atoms with Crippen LogP contribution in [0, 0.1) is 5.92 Å². The first-order valence-corrected chi connectivity index (χ1v) is 7.08. The molecule has 1 aromatic rings. The average molecular weight is 269 g/mol. The van der Waals surface area contributed by atoms with Crippen molar-refractivity contribution >= 4 is 11.6 Å². The molecule has 0 aliphatic carbocycles. The Morgan fingerprint density at radius 1 is 1.22 bits per heavy atom. The fourth-order valence-corrected chi connectivity index (χ4v) is 2.33. The molecule has 0 spiro atoms. The van der Waals surface area contributed by atoms with Gasteiger partial charge in [-0.05, 0) is 57.0 Å². The van der Waals surface area contributed by atoms with Crippen molar-refractivity contribution in [3.05, 3.63) is 34.9 Å². The second-order valence-corrected chi connectivity index (χ2v) is 5.64. The van der Waals surface area contributed by atoms with Crippen LogP contribution in [-0.2, 0) is 0 Å². The highest BCUT2D eigenvalue weighted by molar-refractivity contribution is 6.30. The van der Waals surface area contributed by atoms with Gasteiger partial charge in [0.25, 0.3) is 0 Å². The van der Waals surface area contributed by atoms with E-state index in [1.807, 2.05) is 12.1 Å². The topological polar surface area (TPSA) is 29.3 Å². The van der Waals surface area contributed by atoms with Crippen LogP contribution in [0.4, 0.5) is 0 Å². The normalized spacial score (nSPS) is 14.8. The van der Waals surface area contributed by atoms with Crippen LogP contribution in [0.25, 0.3) is 0 Å². The van der Waals surface area contributed by atoms with Crippen molar-refractivity contribution in [1.82, 2.24) is 4.90 Å². The van der Waals surface area contributed by atoms with Gasteiger partial charge in [0.1, 0.15) is 0 Å². The second kappa shape index (κ2) is 7.78. The number of rotatable bonds is 7. The molecule has 1 aromatic carbocycles. The third-order valence-electron chi connectivity index (χ3n) is 3.51. The molecule has 0 aliphatic rings.